The summed E-state index contributed by atoms with van der Waals surface area (Å²) in [4.78, 5) is 23.6. The van der Waals surface area contributed by atoms with Gasteiger partial charge in [0.05, 0.1) is 35.6 Å². The van der Waals surface area contributed by atoms with Crippen molar-refractivity contribution >= 4 is 22.6 Å². The number of carbonyl (C=O) groups is 1. The summed E-state index contributed by atoms with van der Waals surface area (Å²) in [5.41, 5.74) is 2.30. The average molecular weight is 500 g/mol. The molecule has 8 nitrogen and oxygen atoms in total. The van der Waals surface area contributed by atoms with Gasteiger partial charge in [0.1, 0.15) is 5.82 Å². The number of pyridine rings is 2. The molecule has 3 aromatic heterocycles. The Balaban J connectivity index is 1.11. The van der Waals surface area contributed by atoms with Gasteiger partial charge in [-0.2, -0.15) is 18.3 Å². The second-order valence-corrected chi connectivity index (χ2v) is 10.2. The minimum atomic E-state index is -4.15. The number of hydrogen-bond acceptors (Lipinski definition) is 6. The molecule has 0 aromatic carbocycles. The Kier molecular flexibility index (Phi) is 5.71. The molecule has 190 valence electrons. The van der Waals surface area contributed by atoms with Crippen LogP contribution in [0.2, 0.25) is 0 Å². The van der Waals surface area contributed by atoms with Crippen molar-refractivity contribution in [1.29, 1.82) is 0 Å². The fourth-order valence-corrected chi connectivity index (χ4v) is 5.36. The van der Waals surface area contributed by atoms with Crippen LogP contribution in [0, 0.1) is 11.3 Å². The molecule has 1 saturated carbocycles. The maximum atomic E-state index is 13.3. The molecule has 6 rings (SSSR count). The van der Waals surface area contributed by atoms with Crippen molar-refractivity contribution < 1.29 is 18.0 Å². The molecule has 1 saturated heterocycles. The number of alkyl halides is 3. The standard InChI is InChI=1S/C25H28F3N7O/c26-25(27,28)24(3-4-24)15-34-6-1-16(2-7-34)23(36)33-22-10-17-9-18(11-30-20(17)13-31-22)19-12-32-35-8-5-29-14-21(19)35/h9-13,16,29H,1-8,14-15H2,(H,31,33,36). The van der Waals surface area contributed by atoms with Crippen molar-refractivity contribution in [3.8, 4) is 11.1 Å². The van der Waals surface area contributed by atoms with E-state index in [1.165, 1.54) is 0 Å². The summed E-state index contributed by atoms with van der Waals surface area (Å²) in [7, 11) is 0. The number of rotatable bonds is 5. The molecule has 2 N–H and O–H groups in total. The highest BCUT2D eigenvalue weighted by Gasteiger charge is 2.63. The number of aromatic nitrogens is 4. The highest BCUT2D eigenvalue weighted by Crippen LogP contribution is 2.58. The smallest absolute Gasteiger partial charge is 0.310 e. The maximum absolute atomic E-state index is 13.3. The van der Waals surface area contributed by atoms with E-state index in [0.717, 1.165) is 47.4 Å². The van der Waals surface area contributed by atoms with Crippen molar-refractivity contribution in [2.45, 2.75) is 44.9 Å². The Morgan fingerprint density at radius 2 is 1.92 bits per heavy atom. The van der Waals surface area contributed by atoms with Crippen LogP contribution >= 0.6 is 0 Å². The van der Waals surface area contributed by atoms with Crippen molar-refractivity contribution in [2.24, 2.45) is 11.3 Å². The molecule has 3 aliphatic rings. The van der Waals surface area contributed by atoms with Crippen LogP contribution in [0.3, 0.4) is 0 Å². The first-order valence-electron chi connectivity index (χ1n) is 12.4. The average Bonchev–Trinajstić information content (AvgIpc) is 3.54. The van der Waals surface area contributed by atoms with Gasteiger partial charge in [0.15, 0.2) is 0 Å². The van der Waals surface area contributed by atoms with E-state index in [9.17, 15) is 18.0 Å². The minimum absolute atomic E-state index is 0.0447. The van der Waals surface area contributed by atoms with Crippen LogP contribution in [0.15, 0.2) is 30.7 Å². The van der Waals surface area contributed by atoms with E-state index >= 15 is 0 Å². The van der Waals surface area contributed by atoms with E-state index in [2.05, 4.69) is 25.7 Å². The molecule has 0 bridgehead atoms. The van der Waals surface area contributed by atoms with E-state index in [4.69, 9.17) is 0 Å². The molecular formula is C25H28F3N7O. The molecule has 11 heteroatoms. The topological polar surface area (TPSA) is 88.0 Å². The SMILES string of the molecule is O=C(Nc1cc2cc(-c3cnn4c3CNCC4)cnc2cn1)C1CCN(CC2(C(F)(F)F)CC2)CC1. The molecular weight excluding hydrogens is 471 g/mol. The van der Waals surface area contributed by atoms with E-state index in [0.29, 0.717) is 31.7 Å². The van der Waals surface area contributed by atoms with Gasteiger partial charge in [0, 0.05) is 48.3 Å². The summed E-state index contributed by atoms with van der Waals surface area (Å²) < 4.78 is 41.8. The van der Waals surface area contributed by atoms with Crippen LogP contribution in [-0.4, -0.2) is 62.9 Å². The Morgan fingerprint density at radius 3 is 2.67 bits per heavy atom. The second kappa shape index (κ2) is 8.81. The van der Waals surface area contributed by atoms with Crippen LogP contribution in [0.25, 0.3) is 22.0 Å². The number of anilines is 1. The third-order valence-corrected chi connectivity index (χ3v) is 7.81. The molecule has 5 heterocycles. The summed E-state index contributed by atoms with van der Waals surface area (Å²) >= 11 is 0. The summed E-state index contributed by atoms with van der Waals surface area (Å²) in [5, 5.41) is 11.6. The second-order valence-electron chi connectivity index (χ2n) is 10.2. The molecule has 0 unspecified atom stereocenters. The lowest BCUT2D eigenvalue weighted by Crippen LogP contribution is -2.44. The number of amides is 1. The normalized spacial score (nSPS) is 20.3. The predicted octanol–water partition coefficient (Wildman–Crippen LogP) is 3.59. The third-order valence-electron chi connectivity index (χ3n) is 7.81. The Labute approximate surface area is 206 Å². The fourth-order valence-electron chi connectivity index (χ4n) is 5.36. The van der Waals surface area contributed by atoms with Crippen LogP contribution in [0.5, 0.6) is 0 Å². The van der Waals surface area contributed by atoms with Crippen molar-refractivity contribution in [3.63, 3.8) is 0 Å². The lowest BCUT2D eigenvalue weighted by Gasteiger charge is -2.34. The molecule has 0 spiro atoms. The zero-order valence-corrected chi connectivity index (χ0v) is 19.8. The monoisotopic (exact) mass is 499 g/mol. The highest BCUT2D eigenvalue weighted by atomic mass is 19.4. The Morgan fingerprint density at radius 1 is 1.11 bits per heavy atom. The molecule has 3 aromatic rings. The van der Waals surface area contributed by atoms with E-state index in [1.807, 2.05) is 34.1 Å². The first kappa shape index (κ1) is 23.4. The number of halogens is 3. The number of hydrogen-bond donors (Lipinski definition) is 2. The summed E-state index contributed by atoms with van der Waals surface area (Å²) in [6, 6.07) is 3.84. The molecule has 1 amide bonds. The van der Waals surface area contributed by atoms with Crippen molar-refractivity contribution in [2.75, 3.05) is 31.5 Å². The minimum Gasteiger partial charge on any atom is -0.310 e. The van der Waals surface area contributed by atoms with Crippen LogP contribution in [0.1, 0.15) is 31.4 Å². The van der Waals surface area contributed by atoms with Crippen LogP contribution in [0.4, 0.5) is 19.0 Å². The lowest BCUT2D eigenvalue weighted by molar-refractivity contribution is -0.192. The lowest BCUT2D eigenvalue weighted by atomic mass is 9.94. The van der Waals surface area contributed by atoms with E-state index in [-0.39, 0.29) is 31.2 Å². The van der Waals surface area contributed by atoms with Gasteiger partial charge >= 0.3 is 6.18 Å². The molecule has 0 radical (unpaired) electrons. The highest BCUT2D eigenvalue weighted by molar-refractivity contribution is 5.94. The molecule has 1 aliphatic carbocycles. The van der Waals surface area contributed by atoms with Gasteiger partial charge in [0.25, 0.3) is 0 Å². The number of nitrogens with zero attached hydrogens (tertiary/aromatic N) is 5. The fraction of sp³-hybridized carbons (Fsp3) is 0.520. The first-order valence-corrected chi connectivity index (χ1v) is 12.4. The zero-order chi connectivity index (χ0) is 24.9. The number of nitrogens with one attached hydrogen (secondary N) is 2. The first-order chi connectivity index (χ1) is 17.3. The van der Waals surface area contributed by atoms with Gasteiger partial charge in [0.2, 0.25) is 5.91 Å². The molecule has 36 heavy (non-hydrogen) atoms. The number of carbonyl (C=O) groups excluding carboxylic acids is 1. The third kappa shape index (κ3) is 4.34. The summed E-state index contributed by atoms with van der Waals surface area (Å²) in [6.45, 7) is 3.52. The van der Waals surface area contributed by atoms with Gasteiger partial charge in [-0.15, -0.1) is 0 Å². The van der Waals surface area contributed by atoms with Gasteiger partial charge in [-0.25, -0.2) is 4.98 Å². The summed E-state index contributed by atoms with van der Waals surface area (Å²) in [6.07, 6.45) is 2.67. The maximum Gasteiger partial charge on any atom is 0.395 e. The van der Waals surface area contributed by atoms with Gasteiger partial charge < -0.3 is 15.5 Å². The quantitative estimate of drug-likeness (QED) is 0.558. The van der Waals surface area contributed by atoms with Crippen LogP contribution in [-0.2, 0) is 17.9 Å². The molecule has 0 atom stereocenters. The molecule has 2 aliphatic heterocycles. The van der Waals surface area contributed by atoms with Crippen molar-refractivity contribution in [3.05, 3.63) is 36.4 Å². The van der Waals surface area contributed by atoms with Gasteiger partial charge in [-0.3, -0.25) is 14.5 Å². The van der Waals surface area contributed by atoms with Gasteiger partial charge in [-0.05, 0) is 50.9 Å². The largest absolute Gasteiger partial charge is 0.395 e. The Bertz CT molecular complexity index is 1290. The van der Waals surface area contributed by atoms with Crippen molar-refractivity contribution in [1.82, 2.24) is 30.0 Å². The summed E-state index contributed by atoms with van der Waals surface area (Å²) in [5.74, 6) is 0.0663. The number of likely N-dealkylation sites (tertiary alicyclic amines) is 1. The zero-order valence-electron chi connectivity index (χ0n) is 19.8. The molecule has 2 fully saturated rings. The predicted molar refractivity (Wildman–Crippen MR) is 128 cm³/mol. The Hall–Kier alpha value is -3.05. The van der Waals surface area contributed by atoms with Gasteiger partial charge in [-0.1, -0.05) is 0 Å². The number of piperidine rings is 1. The number of fused-ring (bicyclic) bond motifs is 2. The van der Waals surface area contributed by atoms with Crippen LogP contribution < -0.4 is 10.6 Å². The van der Waals surface area contributed by atoms with E-state index < -0.39 is 11.6 Å². The van der Waals surface area contributed by atoms with E-state index in [1.54, 1.807) is 6.20 Å².